The van der Waals surface area contributed by atoms with Crippen LogP contribution in [-0.2, 0) is 5.41 Å². The first-order valence-electron chi connectivity index (χ1n) is 10.8. The van der Waals surface area contributed by atoms with Gasteiger partial charge in [0.05, 0.1) is 0 Å². The first kappa shape index (κ1) is 16.8. The predicted octanol–water partition coefficient (Wildman–Crippen LogP) is 7.86. The van der Waals surface area contributed by atoms with Crippen LogP contribution >= 0.6 is 0 Å². The number of hydrogen-bond donors (Lipinski definition) is 0. The molecule has 0 N–H and O–H groups in total. The third kappa shape index (κ3) is 2.39. The van der Waals surface area contributed by atoms with E-state index in [2.05, 4.69) is 97.1 Å². The number of fused-ring (bicyclic) bond motifs is 5. The highest BCUT2D eigenvalue weighted by atomic mass is 14.5. The van der Waals surface area contributed by atoms with Gasteiger partial charge in [0.1, 0.15) is 0 Å². The second-order valence-corrected chi connectivity index (χ2v) is 8.48. The van der Waals surface area contributed by atoms with Gasteiger partial charge in [-0.3, -0.25) is 0 Å². The molecule has 0 heteroatoms. The zero-order valence-corrected chi connectivity index (χ0v) is 16.6. The van der Waals surface area contributed by atoms with E-state index in [4.69, 9.17) is 0 Å². The summed E-state index contributed by atoms with van der Waals surface area (Å²) < 4.78 is 0. The summed E-state index contributed by atoms with van der Waals surface area (Å²) in [6.07, 6.45) is 5.12. The Kier molecular flexibility index (Phi) is 3.74. The summed E-state index contributed by atoms with van der Waals surface area (Å²) in [6.45, 7) is 0. The molecular weight excluding hydrogens is 348 g/mol. The van der Waals surface area contributed by atoms with Crippen LogP contribution in [0, 0.1) is 0 Å². The molecule has 4 aromatic carbocycles. The monoisotopic (exact) mass is 372 g/mol. The summed E-state index contributed by atoms with van der Waals surface area (Å²) in [6, 6.07) is 35.8. The molecular formula is C29H24. The fourth-order valence-corrected chi connectivity index (χ4v) is 5.90. The molecule has 0 amide bonds. The fourth-order valence-electron chi connectivity index (χ4n) is 5.90. The third-order valence-electron chi connectivity index (χ3n) is 7.00. The van der Waals surface area contributed by atoms with Crippen molar-refractivity contribution in [2.45, 2.75) is 31.1 Å². The normalized spacial score (nSPS) is 16.0. The molecule has 0 nitrogen and oxygen atoms in total. The van der Waals surface area contributed by atoms with E-state index in [1.165, 1.54) is 59.1 Å². The van der Waals surface area contributed by atoms with E-state index < -0.39 is 0 Å². The molecule has 140 valence electrons. The van der Waals surface area contributed by atoms with Gasteiger partial charge in [0.25, 0.3) is 0 Å². The van der Waals surface area contributed by atoms with Crippen molar-refractivity contribution in [1.82, 2.24) is 0 Å². The highest BCUT2D eigenvalue weighted by molar-refractivity contribution is 5.93. The standard InChI is InChI=1S/C29H24/c1-3-11-21(12-4-1)23-15-9-17-25-26-18-10-16-24(22-13-5-2-6-14-22)28(26)29(27(23)25)19-7-8-20-29/h1-6,9-18H,7-8,19-20H2. The van der Waals surface area contributed by atoms with Gasteiger partial charge in [0.2, 0.25) is 0 Å². The van der Waals surface area contributed by atoms with Crippen molar-refractivity contribution in [3.05, 3.63) is 108 Å². The fraction of sp³-hybridized carbons (Fsp3) is 0.172. The van der Waals surface area contributed by atoms with Crippen LogP contribution in [0.2, 0.25) is 0 Å². The molecule has 0 bridgehead atoms. The second kappa shape index (κ2) is 6.46. The Labute approximate surface area is 172 Å². The van der Waals surface area contributed by atoms with Gasteiger partial charge in [0, 0.05) is 5.41 Å². The van der Waals surface area contributed by atoms with Gasteiger partial charge in [-0.25, -0.2) is 0 Å². The van der Waals surface area contributed by atoms with E-state index in [-0.39, 0.29) is 5.41 Å². The van der Waals surface area contributed by atoms with Crippen LogP contribution in [0.3, 0.4) is 0 Å². The Morgan fingerprint density at radius 1 is 0.414 bits per heavy atom. The summed E-state index contributed by atoms with van der Waals surface area (Å²) in [7, 11) is 0. The maximum absolute atomic E-state index is 2.35. The smallest absolute Gasteiger partial charge is 0.0227 e. The van der Waals surface area contributed by atoms with E-state index in [0.717, 1.165) is 0 Å². The minimum atomic E-state index is 0.142. The molecule has 0 saturated heterocycles. The molecule has 0 aliphatic heterocycles. The molecule has 1 spiro atoms. The van der Waals surface area contributed by atoms with Crippen LogP contribution in [0.5, 0.6) is 0 Å². The van der Waals surface area contributed by atoms with Crippen LogP contribution < -0.4 is 0 Å². The van der Waals surface area contributed by atoms with Crippen molar-refractivity contribution in [2.75, 3.05) is 0 Å². The van der Waals surface area contributed by atoms with Gasteiger partial charge in [-0.15, -0.1) is 0 Å². The molecule has 0 unspecified atom stereocenters. The lowest BCUT2D eigenvalue weighted by molar-refractivity contribution is 0.552. The minimum absolute atomic E-state index is 0.142. The Morgan fingerprint density at radius 2 is 0.828 bits per heavy atom. The van der Waals surface area contributed by atoms with Gasteiger partial charge >= 0.3 is 0 Å². The molecule has 29 heavy (non-hydrogen) atoms. The molecule has 2 aliphatic carbocycles. The lowest BCUT2D eigenvalue weighted by atomic mass is 9.72. The van der Waals surface area contributed by atoms with Crippen molar-refractivity contribution >= 4 is 0 Å². The lowest BCUT2D eigenvalue weighted by Crippen LogP contribution is -2.22. The molecule has 1 fully saturated rings. The average molecular weight is 373 g/mol. The SMILES string of the molecule is c1ccc(-c2cccc3c2C2(CCCC2)c2c(-c4ccccc4)cccc2-3)cc1. The maximum atomic E-state index is 2.35. The molecule has 2 aliphatic rings. The summed E-state index contributed by atoms with van der Waals surface area (Å²) in [5.74, 6) is 0. The summed E-state index contributed by atoms with van der Waals surface area (Å²) >= 11 is 0. The minimum Gasteiger partial charge on any atom is -0.0622 e. The molecule has 0 heterocycles. The molecule has 1 saturated carbocycles. The molecule has 0 aromatic heterocycles. The molecule has 4 aromatic rings. The third-order valence-corrected chi connectivity index (χ3v) is 7.00. The largest absolute Gasteiger partial charge is 0.0622 e. The zero-order chi connectivity index (χ0) is 19.3. The van der Waals surface area contributed by atoms with Crippen molar-refractivity contribution in [3.63, 3.8) is 0 Å². The van der Waals surface area contributed by atoms with E-state index in [1.54, 1.807) is 11.1 Å². The van der Waals surface area contributed by atoms with E-state index >= 15 is 0 Å². The Bertz CT molecular complexity index is 1090. The predicted molar refractivity (Wildman–Crippen MR) is 122 cm³/mol. The van der Waals surface area contributed by atoms with Crippen molar-refractivity contribution in [3.8, 4) is 33.4 Å². The molecule has 0 radical (unpaired) electrons. The van der Waals surface area contributed by atoms with Crippen molar-refractivity contribution in [2.24, 2.45) is 0 Å². The van der Waals surface area contributed by atoms with Crippen molar-refractivity contribution < 1.29 is 0 Å². The van der Waals surface area contributed by atoms with Gasteiger partial charge in [-0.2, -0.15) is 0 Å². The van der Waals surface area contributed by atoms with E-state index in [1.807, 2.05) is 0 Å². The van der Waals surface area contributed by atoms with Crippen molar-refractivity contribution in [1.29, 1.82) is 0 Å². The van der Waals surface area contributed by atoms with E-state index in [0.29, 0.717) is 0 Å². The van der Waals surface area contributed by atoms with Crippen LogP contribution in [0.15, 0.2) is 97.1 Å². The lowest BCUT2D eigenvalue weighted by Gasteiger charge is -2.30. The first-order chi connectivity index (χ1) is 14.4. The van der Waals surface area contributed by atoms with Gasteiger partial charge in [-0.05, 0) is 57.3 Å². The van der Waals surface area contributed by atoms with Crippen LogP contribution in [0.1, 0.15) is 36.8 Å². The van der Waals surface area contributed by atoms with Gasteiger partial charge < -0.3 is 0 Å². The van der Waals surface area contributed by atoms with Crippen LogP contribution in [-0.4, -0.2) is 0 Å². The highest BCUT2D eigenvalue weighted by Gasteiger charge is 2.47. The Hall–Kier alpha value is -3.12. The van der Waals surface area contributed by atoms with Gasteiger partial charge in [0.15, 0.2) is 0 Å². The van der Waals surface area contributed by atoms with Gasteiger partial charge in [-0.1, -0.05) is 110 Å². The van der Waals surface area contributed by atoms with Crippen LogP contribution in [0.4, 0.5) is 0 Å². The summed E-state index contributed by atoms with van der Waals surface area (Å²) in [5.41, 5.74) is 11.7. The quantitative estimate of drug-likeness (QED) is 0.336. The van der Waals surface area contributed by atoms with Crippen LogP contribution in [0.25, 0.3) is 33.4 Å². The summed E-state index contributed by atoms with van der Waals surface area (Å²) in [4.78, 5) is 0. The van der Waals surface area contributed by atoms with E-state index in [9.17, 15) is 0 Å². The molecule has 0 atom stereocenters. The number of rotatable bonds is 2. The molecule has 6 rings (SSSR count). The Balaban J connectivity index is 1.68. The Morgan fingerprint density at radius 3 is 1.28 bits per heavy atom. The topological polar surface area (TPSA) is 0 Å². The number of hydrogen-bond acceptors (Lipinski definition) is 0. The maximum Gasteiger partial charge on any atom is 0.0227 e. The number of benzene rings is 4. The zero-order valence-electron chi connectivity index (χ0n) is 16.6. The first-order valence-corrected chi connectivity index (χ1v) is 10.8. The summed E-state index contributed by atoms with van der Waals surface area (Å²) in [5, 5.41) is 0. The second-order valence-electron chi connectivity index (χ2n) is 8.48. The average Bonchev–Trinajstić information content (AvgIpc) is 3.40. The highest BCUT2D eigenvalue weighted by Crippen LogP contribution is 2.61.